The molecule has 0 saturated heterocycles. The molecule has 2 N–H and O–H groups in total. The first kappa shape index (κ1) is 15.9. The molecule has 0 bridgehead atoms. The second kappa shape index (κ2) is 8.98. The number of amides is 1. The molecular weight excluding hydrogens is 220 g/mol. The Morgan fingerprint density at radius 1 is 1.35 bits per heavy atom. The number of nitrogens with one attached hydrogen (secondary N) is 1. The van der Waals surface area contributed by atoms with Gasteiger partial charge in [-0.05, 0) is 19.9 Å². The van der Waals surface area contributed by atoms with Gasteiger partial charge in [0.1, 0.15) is 0 Å². The molecular formula is C12H24N2O3. The topological polar surface area (TPSA) is 69.6 Å². The smallest absolute Gasteiger partial charge is 0.304 e. The number of hydrogen-bond acceptors (Lipinski definition) is 3. The van der Waals surface area contributed by atoms with Crippen LogP contribution in [0, 0.1) is 0 Å². The molecule has 0 saturated carbocycles. The number of carbonyl (C=O) groups is 2. The van der Waals surface area contributed by atoms with Crippen molar-refractivity contribution in [3.05, 3.63) is 0 Å². The highest BCUT2D eigenvalue weighted by Gasteiger charge is 2.19. The zero-order valence-electron chi connectivity index (χ0n) is 11.0. The summed E-state index contributed by atoms with van der Waals surface area (Å²) < 4.78 is 0. The number of nitrogens with zero attached hydrogens (tertiary/aromatic N) is 1. The minimum absolute atomic E-state index is 0.0225. The standard InChI is InChI=1S/C12H24N2O3/c1-4-6-8-13-12(17)10(3)14(5-2)9-7-11(15)16/h10H,4-9H2,1-3H3,(H,13,17)(H,15,16). The Morgan fingerprint density at radius 2 is 2.00 bits per heavy atom. The number of carbonyl (C=O) groups excluding carboxylic acids is 1. The molecule has 0 aromatic rings. The fourth-order valence-corrected chi connectivity index (χ4v) is 1.57. The van der Waals surface area contributed by atoms with Crippen LogP contribution in [-0.2, 0) is 9.59 Å². The number of unbranched alkanes of at least 4 members (excludes halogenated alkanes) is 1. The Hall–Kier alpha value is -1.10. The van der Waals surface area contributed by atoms with Gasteiger partial charge in [-0.1, -0.05) is 20.3 Å². The predicted octanol–water partition coefficient (Wildman–Crippen LogP) is 1.09. The van der Waals surface area contributed by atoms with E-state index in [2.05, 4.69) is 12.2 Å². The molecule has 0 aliphatic carbocycles. The van der Waals surface area contributed by atoms with Crippen LogP contribution in [0.5, 0.6) is 0 Å². The molecule has 0 fully saturated rings. The van der Waals surface area contributed by atoms with Gasteiger partial charge in [0.2, 0.25) is 5.91 Å². The highest BCUT2D eigenvalue weighted by molar-refractivity contribution is 5.81. The molecule has 1 atom stereocenters. The lowest BCUT2D eigenvalue weighted by molar-refractivity contribution is -0.138. The maximum absolute atomic E-state index is 11.8. The van der Waals surface area contributed by atoms with Gasteiger partial charge in [-0.2, -0.15) is 0 Å². The molecule has 0 rings (SSSR count). The second-order valence-corrected chi connectivity index (χ2v) is 4.09. The van der Waals surface area contributed by atoms with E-state index in [1.54, 1.807) is 0 Å². The van der Waals surface area contributed by atoms with Crippen LogP contribution in [0.25, 0.3) is 0 Å². The van der Waals surface area contributed by atoms with Crippen LogP contribution >= 0.6 is 0 Å². The first-order valence-electron chi connectivity index (χ1n) is 6.26. The zero-order valence-corrected chi connectivity index (χ0v) is 11.0. The number of carboxylic acid groups (broad SMARTS) is 1. The molecule has 0 spiro atoms. The van der Waals surface area contributed by atoms with Crippen molar-refractivity contribution < 1.29 is 14.7 Å². The molecule has 0 radical (unpaired) electrons. The van der Waals surface area contributed by atoms with Crippen LogP contribution in [0.3, 0.4) is 0 Å². The average Bonchev–Trinajstić information content (AvgIpc) is 2.29. The van der Waals surface area contributed by atoms with Crippen molar-refractivity contribution in [1.29, 1.82) is 0 Å². The first-order chi connectivity index (χ1) is 8.02. The van der Waals surface area contributed by atoms with Gasteiger partial charge >= 0.3 is 5.97 Å². The molecule has 5 nitrogen and oxygen atoms in total. The number of hydrogen-bond donors (Lipinski definition) is 2. The van der Waals surface area contributed by atoms with E-state index in [0.717, 1.165) is 12.8 Å². The summed E-state index contributed by atoms with van der Waals surface area (Å²) in [7, 11) is 0. The van der Waals surface area contributed by atoms with Gasteiger partial charge in [0.25, 0.3) is 0 Å². The molecule has 0 aromatic carbocycles. The summed E-state index contributed by atoms with van der Waals surface area (Å²) in [5, 5.41) is 11.5. The lowest BCUT2D eigenvalue weighted by atomic mass is 10.2. The van der Waals surface area contributed by atoms with E-state index in [4.69, 9.17) is 5.11 Å². The van der Waals surface area contributed by atoms with Gasteiger partial charge in [0, 0.05) is 13.1 Å². The van der Waals surface area contributed by atoms with Gasteiger partial charge in [-0.3, -0.25) is 14.5 Å². The lowest BCUT2D eigenvalue weighted by Crippen LogP contribution is -2.46. The van der Waals surface area contributed by atoms with E-state index in [1.807, 2.05) is 18.7 Å². The molecule has 1 unspecified atom stereocenters. The molecule has 100 valence electrons. The molecule has 0 heterocycles. The minimum Gasteiger partial charge on any atom is -0.481 e. The zero-order chi connectivity index (χ0) is 13.3. The van der Waals surface area contributed by atoms with E-state index in [9.17, 15) is 9.59 Å². The number of aliphatic carboxylic acids is 1. The van der Waals surface area contributed by atoms with Crippen LogP contribution in [0.1, 0.15) is 40.0 Å². The Morgan fingerprint density at radius 3 is 2.47 bits per heavy atom. The first-order valence-corrected chi connectivity index (χ1v) is 6.26. The third kappa shape index (κ3) is 6.94. The summed E-state index contributed by atoms with van der Waals surface area (Å²) in [6.45, 7) is 7.59. The maximum atomic E-state index is 11.8. The highest BCUT2D eigenvalue weighted by Crippen LogP contribution is 2.01. The van der Waals surface area contributed by atoms with Crippen molar-refractivity contribution in [1.82, 2.24) is 10.2 Å². The van der Waals surface area contributed by atoms with Gasteiger partial charge < -0.3 is 10.4 Å². The Kier molecular flexibility index (Phi) is 8.40. The van der Waals surface area contributed by atoms with Crippen LogP contribution in [-0.4, -0.2) is 47.6 Å². The Balaban J connectivity index is 4.08. The van der Waals surface area contributed by atoms with Gasteiger partial charge in [-0.15, -0.1) is 0 Å². The largest absolute Gasteiger partial charge is 0.481 e. The Labute approximate surface area is 103 Å². The van der Waals surface area contributed by atoms with Gasteiger partial charge in [0.15, 0.2) is 0 Å². The number of likely N-dealkylation sites (N-methyl/N-ethyl adjacent to an activating group) is 1. The molecule has 0 aliphatic heterocycles. The van der Waals surface area contributed by atoms with E-state index in [-0.39, 0.29) is 18.4 Å². The van der Waals surface area contributed by atoms with E-state index < -0.39 is 5.97 Å². The molecule has 0 aromatic heterocycles. The fraction of sp³-hybridized carbons (Fsp3) is 0.833. The maximum Gasteiger partial charge on any atom is 0.304 e. The van der Waals surface area contributed by atoms with Crippen molar-refractivity contribution >= 4 is 11.9 Å². The van der Waals surface area contributed by atoms with Gasteiger partial charge in [-0.25, -0.2) is 0 Å². The number of carboxylic acids is 1. The molecule has 1 amide bonds. The van der Waals surface area contributed by atoms with Crippen molar-refractivity contribution in [2.24, 2.45) is 0 Å². The van der Waals surface area contributed by atoms with E-state index >= 15 is 0 Å². The van der Waals surface area contributed by atoms with E-state index in [1.165, 1.54) is 0 Å². The van der Waals surface area contributed by atoms with Crippen LogP contribution in [0.15, 0.2) is 0 Å². The third-order valence-corrected chi connectivity index (χ3v) is 2.78. The summed E-state index contributed by atoms with van der Waals surface area (Å²) in [6, 6.07) is -0.267. The predicted molar refractivity (Wildman–Crippen MR) is 66.9 cm³/mol. The normalized spacial score (nSPS) is 12.5. The molecule has 0 aliphatic rings. The van der Waals surface area contributed by atoms with Crippen LogP contribution in [0.4, 0.5) is 0 Å². The van der Waals surface area contributed by atoms with Crippen molar-refractivity contribution in [3.8, 4) is 0 Å². The fourth-order valence-electron chi connectivity index (χ4n) is 1.57. The SMILES string of the molecule is CCCCNC(=O)C(C)N(CC)CCC(=O)O. The summed E-state index contributed by atoms with van der Waals surface area (Å²) >= 11 is 0. The quantitative estimate of drug-likeness (QED) is 0.596. The molecule has 5 heteroatoms. The second-order valence-electron chi connectivity index (χ2n) is 4.09. The lowest BCUT2D eigenvalue weighted by Gasteiger charge is -2.26. The Bertz CT molecular complexity index is 244. The summed E-state index contributed by atoms with van der Waals surface area (Å²) in [5.74, 6) is -0.854. The monoisotopic (exact) mass is 244 g/mol. The average molecular weight is 244 g/mol. The summed E-state index contributed by atoms with van der Waals surface area (Å²) in [4.78, 5) is 24.1. The van der Waals surface area contributed by atoms with E-state index in [0.29, 0.717) is 19.6 Å². The minimum atomic E-state index is -0.831. The van der Waals surface area contributed by atoms with Crippen molar-refractivity contribution in [2.75, 3.05) is 19.6 Å². The van der Waals surface area contributed by atoms with Crippen LogP contribution < -0.4 is 5.32 Å². The summed E-state index contributed by atoms with van der Waals surface area (Å²) in [6.07, 6.45) is 2.09. The highest BCUT2D eigenvalue weighted by atomic mass is 16.4. The molecule has 17 heavy (non-hydrogen) atoms. The van der Waals surface area contributed by atoms with Gasteiger partial charge in [0.05, 0.1) is 12.5 Å². The third-order valence-electron chi connectivity index (χ3n) is 2.78. The summed E-state index contributed by atoms with van der Waals surface area (Å²) in [5.41, 5.74) is 0. The van der Waals surface area contributed by atoms with Crippen LogP contribution in [0.2, 0.25) is 0 Å². The van der Waals surface area contributed by atoms with Crippen molar-refractivity contribution in [2.45, 2.75) is 46.1 Å². The number of rotatable bonds is 9. The van der Waals surface area contributed by atoms with Crippen molar-refractivity contribution in [3.63, 3.8) is 0 Å².